The van der Waals surface area contributed by atoms with Gasteiger partial charge in [0.05, 0.1) is 17.8 Å². The summed E-state index contributed by atoms with van der Waals surface area (Å²) in [7, 11) is 0. The molecule has 8 heteroatoms. The van der Waals surface area contributed by atoms with Crippen LogP contribution in [0.4, 0.5) is 0 Å². The van der Waals surface area contributed by atoms with E-state index in [2.05, 4.69) is 27.1 Å². The fraction of sp³-hybridized carbons (Fsp3) is 0.333. The molecule has 0 saturated carbocycles. The standard InChI is InChI=1S/C21H24N6O2/c1-2-25-11-13-26(14-12-25)21(29)18-17-8-4-6-10-27(17)19(24-18)20(28)23-15-16-7-3-5-9-22-16/h3-10H,2,11-15H2,1H3,(H,23,28). The molecule has 1 aliphatic heterocycles. The van der Waals surface area contributed by atoms with Gasteiger partial charge in [0.1, 0.15) is 0 Å². The number of carbonyl (C=O) groups excluding carboxylic acids is 2. The van der Waals surface area contributed by atoms with E-state index in [1.165, 1.54) is 0 Å². The van der Waals surface area contributed by atoms with Gasteiger partial charge in [-0.2, -0.15) is 0 Å². The minimum atomic E-state index is -0.341. The first-order valence-corrected chi connectivity index (χ1v) is 9.84. The van der Waals surface area contributed by atoms with Crippen molar-refractivity contribution in [3.8, 4) is 0 Å². The van der Waals surface area contributed by atoms with Crippen LogP contribution in [0.15, 0.2) is 48.8 Å². The summed E-state index contributed by atoms with van der Waals surface area (Å²) in [5.41, 5.74) is 1.71. The van der Waals surface area contributed by atoms with Gasteiger partial charge in [-0.25, -0.2) is 4.98 Å². The van der Waals surface area contributed by atoms with Crippen molar-refractivity contribution >= 4 is 17.3 Å². The first kappa shape index (κ1) is 19.1. The second-order valence-electron chi connectivity index (χ2n) is 6.97. The van der Waals surface area contributed by atoms with Gasteiger partial charge >= 0.3 is 0 Å². The predicted octanol–water partition coefficient (Wildman–Crippen LogP) is 1.44. The van der Waals surface area contributed by atoms with Crippen molar-refractivity contribution in [2.75, 3.05) is 32.7 Å². The smallest absolute Gasteiger partial charge is 0.288 e. The van der Waals surface area contributed by atoms with Gasteiger partial charge in [-0.3, -0.25) is 19.0 Å². The van der Waals surface area contributed by atoms with Gasteiger partial charge in [0.2, 0.25) is 5.82 Å². The maximum Gasteiger partial charge on any atom is 0.288 e. The third-order valence-electron chi connectivity index (χ3n) is 5.22. The van der Waals surface area contributed by atoms with Gasteiger partial charge in [0.15, 0.2) is 5.69 Å². The molecule has 3 aromatic heterocycles. The van der Waals surface area contributed by atoms with Crippen molar-refractivity contribution in [3.05, 3.63) is 66.0 Å². The Hall–Kier alpha value is -3.26. The van der Waals surface area contributed by atoms with Crippen LogP contribution in [0.25, 0.3) is 5.52 Å². The van der Waals surface area contributed by atoms with Crippen molar-refractivity contribution < 1.29 is 9.59 Å². The lowest BCUT2D eigenvalue weighted by Crippen LogP contribution is -2.48. The number of hydrogen-bond acceptors (Lipinski definition) is 5. The van der Waals surface area contributed by atoms with E-state index in [4.69, 9.17) is 0 Å². The Morgan fingerprint density at radius 3 is 2.59 bits per heavy atom. The Balaban J connectivity index is 1.56. The van der Waals surface area contributed by atoms with Crippen LogP contribution >= 0.6 is 0 Å². The molecule has 0 atom stereocenters. The highest BCUT2D eigenvalue weighted by molar-refractivity contribution is 6.02. The molecular weight excluding hydrogens is 368 g/mol. The molecule has 1 aliphatic rings. The Kier molecular flexibility index (Phi) is 5.53. The number of nitrogens with one attached hydrogen (secondary N) is 1. The fourth-order valence-corrected chi connectivity index (χ4v) is 3.52. The second kappa shape index (κ2) is 8.40. The van der Waals surface area contributed by atoms with Crippen molar-refractivity contribution in [2.24, 2.45) is 0 Å². The number of likely N-dealkylation sites (N-methyl/N-ethyl adjacent to an activating group) is 1. The highest BCUT2D eigenvalue weighted by atomic mass is 16.2. The summed E-state index contributed by atoms with van der Waals surface area (Å²) in [6, 6.07) is 11.0. The lowest BCUT2D eigenvalue weighted by Gasteiger charge is -2.33. The van der Waals surface area contributed by atoms with Gasteiger partial charge in [-0.15, -0.1) is 0 Å². The lowest BCUT2D eigenvalue weighted by atomic mass is 10.2. The zero-order valence-electron chi connectivity index (χ0n) is 16.4. The molecule has 2 amide bonds. The monoisotopic (exact) mass is 392 g/mol. The van der Waals surface area contributed by atoms with E-state index in [9.17, 15) is 9.59 Å². The Morgan fingerprint density at radius 1 is 1.07 bits per heavy atom. The van der Waals surface area contributed by atoms with Crippen LogP contribution in [0.3, 0.4) is 0 Å². The van der Waals surface area contributed by atoms with Crippen molar-refractivity contribution in [3.63, 3.8) is 0 Å². The maximum absolute atomic E-state index is 13.1. The molecule has 1 saturated heterocycles. The van der Waals surface area contributed by atoms with E-state index in [-0.39, 0.29) is 17.6 Å². The molecule has 0 bridgehead atoms. The van der Waals surface area contributed by atoms with Crippen LogP contribution in [0, 0.1) is 0 Å². The number of carbonyl (C=O) groups is 2. The zero-order valence-corrected chi connectivity index (χ0v) is 16.4. The normalized spacial score (nSPS) is 14.9. The summed E-state index contributed by atoms with van der Waals surface area (Å²) in [5.74, 6) is -0.271. The molecule has 8 nitrogen and oxygen atoms in total. The van der Waals surface area contributed by atoms with Gasteiger partial charge in [-0.1, -0.05) is 19.1 Å². The minimum Gasteiger partial charge on any atom is -0.344 e. The molecule has 0 spiro atoms. The molecule has 1 fully saturated rings. The predicted molar refractivity (Wildman–Crippen MR) is 109 cm³/mol. The average Bonchev–Trinajstić information content (AvgIpc) is 3.17. The van der Waals surface area contributed by atoms with Crippen LogP contribution < -0.4 is 5.32 Å². The number of hydrogen-bond donors (Lipinski definition) is 1. The molecule has 0 unspecified atom stereocenters. The molecule has 0 radical (unpaired) electrons. The first-order chi connectivity index (χ1) is 14.2. The largest absolute Gasteiger partial charge is 0.344 e. The number of amides is 2. The number of imidazole rings is 1. The van der Waals surface area contributed by atoms with Crippen molar-refractivity contribution in [1.82, 2.24) is 29.5 Å². The maximum atomic E-state index is 13.1. The first-order valence-electron chi connectivity index (χ1n) is 9.84. The summed E-state index contributed by atoms with van der Waals surface area (Å²) < 4.78 is 1.67. The van der Waals surface area contributed by atoms with E-state index in [0.29, 0.717) is 30.8 Å². The van der Waals surface area contributed by atoms with Crippen LogP contribution in [-0.2, 0) is 6.54 Å². The van der Waals surface area contributed by atoms with Crippen molar-refractivity contribution in [1.29, 1.82) is 0 Å². The van der Waals surface area contributed by atoms with Crippen LogP contribution in [0.5, 0.6) is 0 Å². The van der Waals surface area contributed by atoms with Gasteiger partial charge in [0, 0.05) is 38.6 Å². The third kappa shape index (κ3) is 3.97. The van der Waals surface area contributed by atoms with Crippen molar-refractivity contribution in [2.45, 2.75) is 13.5 Å². The Bertz CT molecular complexity index is 1010. The lowest BCUT2D eigenvalue weighted by molar-refractivity contribution is 0.0640. The average molecular weight is 392 g/mol. The molecule has 3 aromatic rings. The Labute approximate surface area is 169 Å². The topological polar surface area (TPSA) is 82.8 Å². The minimum absolute atomic E-state index is 0.131. The van der Waals surface area contributed by atoms with Crippen LogP contribution in [0.1, 0.15) is 33.7 Å². The van der Waals surface area contributed by atoms with Gasteiger partial charge < -0.3 is 15.1 Å². The fourth-order valence-electron chi connectivity index (χ4n) is 3.52. The van der Waals surface area contributed by atoms with E-state index in [1.54, 1.807) is 16.8 Å². The molecule has 4 rings (SSSR count). The van der Waals surface area contributed by atoms with Crippen LogP contribution in [-0.4, -0.2) is 68.7 Å². The highest BCUT2D eigenvalue weighted by Crippen LogP contribution is 2.17. The molecule has 29 heavy (non-hydrogen) atoms. The summed E-state index contributed by atoms with van der Waals surface area (Å²) in [6.45, 7) is 6.44. The number of pyridine rings is 2. The zero-order chi connectivity index (χ0) is 20.2. The number of aromatic nitrogens is 3. The van der Waals surface area contributed by atoms with E-state index >= 15 is 0 Å². The van der Waals surface area contributed by atoms with Gasteiger partial charge in [-0.05, 0) is 30.8 Å². The molecule has 0 aliphatic carbocycles. The number of nitrogens with zero attached hydrogens (tertiary/aromatic N) is 5. The quantitative estimate of drug-likeness (QED) is 0.710. The highest BCUT2D eigenvalue weighted by Gasteiger charge is 2.27. The van der Waals surface area contributed by atoms with Crippen LogP contribution in [0.2, 0.25) is 0 Å². The molecule has 4 heterocycles. The third-order valence-corrected chi connectivity index (χ3v) is 5.22. The summed E-state index contributed by atoms with van der Waals surface area (Å²) in [4.78, 5) is 38.7. The SMILES string of the molecule is CCN1CCN(C(=O)c2nc(C(=O)NCc3ccccn3)n3ccccc23)CC1. The van der Waals surface area contributed by atoms with E-state index in [1.807, 2.05) is 41.3 Å². The van der Waals surface area contributed by atoms with Gasteiger partial charge in [0.25, 0.3) is 11.8 Å². The second-order valence-corrected chi connectivity index (χ2v) is 6.97. The summed E-state index contributed by atoms with van der Waals surface area (Å²) in [6.07, 6.45) is 3.44. The molecule has 1 N–H and O–H groups in total. The summed E-state index contributed by atoms with van der Waals surface area (Å²) in [5, 5.41) is 2.84. The molecule has 150 valence electrons. The Morgan fingerprint density at radius 2 is 1.86 bits per heavy atom. The molecule has 0 aromatic carbocycles. The number of fused-ring (bicyclic) bond motifs is 1. The molecular formula is C21H24N6O2. The number of piperazine rings is 1. The number of rotatable bonds is 5. The van der Waals surface area contributed by atoms with E-state index < -0.39 is 0 Å². The summed E-state index contributed by atoms with van der Waals surface area (Å²) >= 11 is 0. The van der Waals surface area contributed by atoms with E-state index in [0.717, 1.165) is 25.3 Å².